The Morgan fingerprint density at radius 2 is 0.582 bits per heavy atom. The molecule has 19 aromatic carbocycles. The van der Waals surface area contributed by atoms with E-state index < -0.39 is 0 Å². The lowest BCUT2D eigenvalue weighted by atomic mass is 9.94. The Labute approximate surface area is 704 Å². The van der Waals surface area contributed by atoms with E-state index in [4.69, 9.17) is 4.98 Å². The van der Waals surface area contributed by atoms with Crippen LogP contribution in [0.1, 0.15) is 0 Å². The molecule has 0 radical (unpaired) electrons. The van der Waals surface area contributed by atoms with Crippen LogP contribution in [0.3, 0.4) is 0 Å². The molecule has 572 valence electrons. The monoisotopic (exact) mass is 1560 g/mol. The van der Waals surface area contributed by atoms with Gasteiger partial charge in [-0.25, -0.2) is 9.97 Å². The maximum absolute atomic E-state index is 4.79. The SMILES string of the molecule is c1ccc(-n2c3cccc4ccc5c(-c6ccc(N(c7cccnc7)c7cccc8ccccc78)cc6)ccc2c5c43)cc1.c1ccc(-n2c3cccc4ccc5c(N(c6ccc7ccccc7c6)c6ccccn6)ccc2c5c43)cc1.c1ccc(N(c2ccc(-c3ccc4c5c3ccc3cccc(c35)n4-c3ccccc3)cc2)c2ccccn2)cc1. The molecule has 0 spiro atoms. The molecule has 6 heterocycles. The molecular weight excluding hydrogens is 1480 g/mol. The number of nitrogens with zero attached hydrogens (tertiary/aromatic N) is 9. The van der Waals surface area contributed by atoms with Crippen LogP contribution >= 0.6 is 0 Å². The molecule has 0 N–H and O–H groups in total. The first-order valence-corrected chi connectivity index (χ1v) is 41.4. The summed E-state index contributed by atoms with van der Waals surface area (Å²) in [6.07, 6.45) is 7.46. The number of anilines is 9. The molecule has 122 heavy (non-hydrogen) atoms. The highest BCUT2D eigenvalue weighted by molar-refractivity contribution is 6.29. The van der Waals surface area contributed by atoms with Crippen molar-refractivity contribution < 1.29 is 0 Å². The van der Waals surface area contributed by atoms with E-state index in [1.54, 1.807) is 0 Å². The number of aromatic nitrogens is 6. The number of benzene rings is 19. The second-order valence-electron chi connectivity index (χ2n) is 31.0. The Kier molecular flexibility index (Phi) is 17.4. The van der Waals surface area contributed by atoms with Crippen LogP contribution in [0.5, 0.6) is 0 Å². The fraction of sp³-hybridized carbons (Fsp3) is 0. The summed E-state index contributed by atoms with van der Waals surface area (Å²) in [5, 5.41) is 20.2. The van der Waals surface area contributed by atoms with Crippen molar-refractivity contribution in [1.82, 2.24) is 28.7 Å². The van der Waals surface area contributed by atoms with Gasteiger partial charge in [-0.3, -0.25) is 14.8 Å². The van der Waals surface area contributed by atoms with E-state index in [1.807, 2.05) is 61.2 Å². The highest BCUT2D eigenvalue weighted by Crippen LogP contribution is 2.50. The maximum atomic E-state index is 4.79. The van der Waals surface area contributed by atoms with E-state index in [0.717, 1.165) is 51.4 Å². The third-order valence-electron chi connectivity index (χ3n) is 24.2. The molecule has 0 unspecified atom stereocenters. The minimum atomic E-state index is 0.891. The minimum absolute atomic E-state index is 0.891. The average Bonchev–Trinajstić information content (AvgIpc) is 1.56. The van der Waals surface area contributed by atoms with Crippen molar-refractivity contribution in [2.24, 2.45) is 0 Å². The van der Waals surface area contributed by atoms with Crippen molar-refractivity contribution in [2.75, 3.05) is 14.7 Å². The molecule has 0 saturated heterocycles. The quantitative estimate of drug-likeness (QED) is 0.101. The molecule has 0 atom stereocenters. The van der Waals surface area contributed by atoms with Gasteiger partial charge >= 0.3 is 0 Å². The third kappa shape index (κ3) is 12.0. The smallest absolute Gasteiger partial charge is 0.137 e. The van der Waals surface area contributed by atoms with Crippen molar-refractivity contribution in [1.29, 1.82) is 0 Å². The first kappa shape index (κ1) is 70.9. The van der Waals surface area contributed by atoms with Gasteiger partial charge in [0, 0.05) is 101 Å². The fourth-order valence-electron chi connectivity index (χ4n) is 18.9. The summed E-state index contributed by atoms with van der Waals surface area (Å²) < 4.78 is 7.17. The van der Waals surface area contributed by atoms with Crippen LogP contribution in [0.4, 0.5) is 51.4 Å². The van der Waals surface area contributed by atoms with Gasteiger partial charge in [0.1, 0.15) is 11.6 Å². The van der Waals surface area contributed by atoms with Crippen LogP contribution in [-0.4, -0.2) is 28.7 Å². The zero-order valence-corrected chi connectivity index (χ0v) is 66.3. The Morgan fingerprint density at radius 3 is 1.10 bits per heavy atom. The van der Waals surface area contributed by atoms with Crippen LogP contribution in [-0.2, 0) is 0 Å². The molecule has 25 rings (SSSR count). The first-order valence-electron chi connectivity index (χ1n) is 41.4. The van der Waals surface area contributed by atoms with Crippen molar-refractivity contribution in [3.05, 3.63) is 455 Å². The summed E-state index contributed by atoms with van der Waals surface area (Å²) >= 11 is 0. The third-order valence-corrected chi connectivity index (χ3v) is 24.2. The van der Waals surface area contributed by atoms with Crippen molar-refractivity contribution in [3.63, 3.8) is 0 Å². The van der Waals surface area contributed by atoms with E-state index in [9.17, 15) is 0 Å². The second-order valence-corrected chi connectivity index (χ2v) is 31.0. The fourth-order valence-corrected chi connectivity index (χ4v) is 18.9. The van der Waals surface area contributed by atoms with Gasteiger partial charge < -0.3 is 18.6 Å². The maximum Gasteiger partial charge on any atom is 0.137 e. The van der Waals surface area contributed by atoms with E-state index in [2.05, 4.69) is 433 Å². The van der Waals surface area contributed by atoms with E-state index in [0.29, 0.717) is 0 Å². The number of hydrogen-bond donors (Lipinski definition) is 0. The molecule has 9 heteroatoms. The van der Waals surface area contributed by atoms with Gasteiger partial charge in [0.05, 0.1) is 56.4 Å². The van der Waals surface area contributed by atoms with Gasteiger partial charge in [0.2, 0.25) is 0 Å². The van der Waals surface area contributed by atoms with Crippen LogP contribution in [0.2, 0.25) is 0 Å². The van der Waals surface area contributed by atoms with Crippen molar-refractivity contribution in [2.45, 2.75) is 0 Å². The average molecular weight is 1560 g/mol. The van der Waals surface area contributed by atoms with E-state index in [-0.39, 0.29) is 0 Å². The zero-order chi connectivity index (χ0) is 80.6. The van der Waals surface area contributed by atoms with Crippen molar-refractivity contribution in [3.8, 4) is 39.3 Å². The molecule has 0 aliphatic rings. The molecular formula is C113H75N9. The summed E-state index contributed by atoms with van der Waals surface area (Å²) in [7, 11) is 0. The van der Waals surface area contributed by atoms with Gasteiger partial charge in [0.15, 0.2) is 0 Å². The second kappa shape index (κ2) is 29.9. The lowest BCUT2D eigenvalue weighted by Gasteiger charge is -2.26. The minimum Gasteiger partial charge on any atom is -0.309 e. The van der Waals surface area contributed by atoms with Crippen LogP contribution in [0.25, 0.3) is 159 Å². The van der Waals surface area contributed by atoms with Gasteiger partial charge in [-0.15, -0.1) is 0 Å². The largest absolute Gasteiger partial charge is 0.309 e. The number of para-hydroxylation sites is 4. The van der Waals surface area contributed by atoms with Gasteiger partial charge in [-0.2, -0.15) is 0 Å². The van der Waals surface area contributed by atoms with Crippen LogP contribution < -0.4 is 14.7 Å². The lowest BCUT2D eigenvalue weighted by molar-refractivity contribution is 1.17. The zero-order valence-electron chi connectivity index (χ0n) is 66.3. The Hall–Kier alpha value is -16.5. The predicted octanol–water partition coefficient (Wildman–Crippen LogP) is 30.4. The van der Waals surface area contributed by atoms with Gasteiger partial charge in [-0.05, 0) is 235 Å². The molecule has 0 bridgehead atoms. The van der Waals surface area contributed by atoms with Gasteiger partial charge in [0.25, 0.3) is 0 Å². The summed E-state index contributed by atoms with van der Waals surface area (Å²) in [5.41, 5.74) is 23.4. The first-order chi connectivity index (χ1) is 60.6. The number of fused-ring (bicyclic) bond motifs is 2. The van der Waals surface area contributed by atoms with E-state index >= 15 is 0 Å². The molecule has 0 aliphatic heterocycles. The molecule has 0 aliphatic carbocycles. The summed E-state index contributed by atoms with van der Waals surface area (Å²) in [6, 6.07) is 154. The Bertz CT molecular complexity index is 8060. The standard InChI is InChI=1S/C41H27N3.C37H25N3.C35H23N3/c1-2-12-31(13-3-1)44-38-17-7-11-30-20-23-36-34(24-25-39(44)41(36)40(30)38)29-18-21-32(22-19-29)43(33-14-8-26-42-27-33)37-16-6-10-28-9-4-5-15-35(28)37;1-3-11-28(12-4-1)39(35-16-7-8-25-38-35)30-20-17-26(18-21-30)31-23-24-34-37-32(31)22-19-27-10-9-15-33(36(27)37)40(34)29-13-5-2-6-14-29;1-2-12-27(13-3-1)37-31-14-8-11-25-17-19-29-30(20-21-32(37)35(29)34(25)31)38(33-15-6-7-22-36-33)28-18-16-24-9-4-5-10-26(24)23-28/h1-27H;1-25H;1-23H. The summed E-state index contributed by atoms with van der Waals surface area (Å²) in [6.45, 7) is 0. The Balaban J connectivity index is 0.000000107. The number of rotatable bonds is 14. The molecule has 9 nitrogen and oxygen atoms in total. The molecule has 0 amide bonds. The van der Waals surface area contributed by atoms with Gasteiger partial charge in [-0.1, -0.05) is 261 Å². The van der Waals surface area contributed by atoms with Crippen molar-refractivity contribution >= 4 is 171 Å². The topological polar surface area (TPSA) is 63.2 Å². The summed E-state index contributed by atoms with van der Waals surface area (Å²) in [5.74, 6) is 1.78. The predicted molar refractivity (Wildman–Crippen MR) is 512 cm³/mol. The molecule has 0 saturated carbocycles. The highest BCUT2D eigenvalue weighted by atomic mass is 15.2. The number of hydrogen-bond acceptors (Lipinski definition) is 6. The van der Waals surface area contributed by atoms with Crippen LogP contribution in [0, 0.1) is 0 Å². The lowest BCUT2D eigenvalue weighted by Crippen LogP contribution is -2.12. The molecule has 25 aromatic rings. The number of pyridine rings is 3. The van der Waals surface area contributed by atoms with E-state index in [1.165, 1.54) is 159 Å². The molecule has 0 fully saturated rings. The Morgan fingerprint density at radius 1 is 0.197 bits per heavy atom. The summed E-state index contributed by atoms with van der Waals surface area (Å²) in [4.78, 5) is 20.7. The highest BCUT2D eigenvalue weighted by Gasteiger charge is 2.26. The normalized spacial score (nSPS) is 11.6. The molecule has 6 aromatic heterocycles. The van der Waals surface area contributed by atoms with Crippen LogP contribution in [0.15, 0.2) is 455 Å².